The van der Waals surface area contributed by atoms with Crippen molar-refractivity contribution in [2.75, 3.05) is 0 Å². The standard InChI is InChI=1S/C9H2Br2Cl3N/c10-4-1-3-6(11)5(12)2-15-9(3)8(14)7(4)13/h1-2H. The largest absolute Gasteiger partial charge is 0.253 e. The fraction of sp³-hybridized carbons (Fsp3) is 0. The molecule has 0 N–H and O–H groups in total. The van der Waals surface area contributed by atoms with E-state index in [0.29, 0.717) is 25.1 Å². The molecule has 2 rings (SSSR count). The molecule has 1 heterocycles. The summed E-state index contributed by atoms with van der Waals surface area (Å²) in [5, 5.41) is 2.22. The van der Waals surface area contributed by atoms with Gasteiger partial charge in [-0.1, -0.05) is 34.8 Å². The van der Waals surface area contributed by atoms with Gasteiger partial charge in [0.05, 0.1) is 20.6 Å². The van der Waals surface area contributed by atoms with Gasteiger partial charge in [-0.25, -0.2) is 0 Å². The van der Waals surface area contributed by atoms with Crippen LogP contribution in [-0.2, 0) is 0 Å². The number of hydrogen-bond donors (Lipinski definition) is 0. The summed E-state index contributed by atoms with van der Waals surface area (Å²) in [4.78, 5) is 4.14. The molecule has 0 atom stereocenters. The minimum atomic E-state index is 0.415. The number of aromatic nitrogens is 1. The summed E-state index contributed by atoms with van der Waals surface area (Å²) in [7, 11) is 0. The van der Waals surface area contributed by atoms with Crippen LogP contribution in [0.3, 0.4) is 0 Å². The van der Waals surface area contributed by atoms with E-state index in [1.54, 1.807) is 0 Å². The Hall–Kier alpha value is 0.460. The van der Waals surface area contributed by atoms with Crippen LogP contribution >= 0.6 is 66.7 Å². The molecule has 0 saturated heterocycles. The number of fused-ring (bicyclic) bond motifs is 1. The molecular weight excluding hydrogens is 388 g/mol. The summed E-state index contributed by atoms with van der Waals surface area (Å²) >= 11 is 24.7. The lowest BCUT2D eigenvalue weighted by molar-refractivity contribution is 1.40. The van der Waals surface area contributed by atoms with Crippen molar-refractivity contribution in [3.63, 3.8) is 0 Å². The number of rotatable bonds is 0. The summed E-state index contributed by atoms with van der Waals surface area (Å²) in [5.41, 5.74) is 0.626. The summed E-state index contributed by atoms with van der Waals surface area (Å²) in [6, 6.07) is 1.83. The Morgan fingerprint density at radius 3 is 2.40 bits per heavy atom. The number of pyridine rings is 1. The van der Waals surface area contributed by atoms with Gasteiger partial charge in [-0.15, -0.1) is 0 Å². The van der Waals surface area contributed by atoms with E-state index in [-0.39, 0.29) is 0 Å². The first-order valence-corrected chi connectivity index (χ1v) is 6.51. The van der Waals surface area contributed by atoms with Crippen molar-refractivity contribution in [3.8, 4) is 0 Å². The summed E-state index contributed by atoms with van der Waals surface area (Å²) in [6.07, 6.45) is 1.53. The summed E-state index contributed by atoms with van der Waals surface area (Å²) in [5.74, 6) is 0. The number of nitrogens with zero attached hydrogens (tertiary/aromatic N) is 1. The first-order chi connectivity index (χ1) is 7.02. The maximum atomic E-state index is 6.07. The van der Waals surface area contributed by atoms with Crippen molar-refractivity contribution < 1.29 is 0 Å². The Kier molecular flexibility index (Phi) is 3.48. The molecule has 1 aromatic heterocycles. The molecule has 78 valence electrons. The second kappa shape index (κ2) is 4.38. The highest BCUT2D eigenvalue weighted by Crippen LogP contribution is 2.40. The van der Waals surface area contributed by atoms with Gasteiger partial charge in [0.15, 0.2) is 0 Å². The second-order valence-corrected chi connectivity index (χ2v) is 5.61. The SMILES string of the molecule is Clc1cnc2c(Cl)c(Cl)c(Br)cc2c1Br. The predicted molar refractivity (Wildman–Crippen MR) is 72.2 cm³/mol. The van der Waals surface area contributed by atoms with Gasteiger partial charge in [0, 0.05) is 20.5 Å². The van der Waals surface area contributed by atoms with Crippen LogP contribution in [0.15, 0.2) is 21.2 Å². The lowest BCUT2D eigenvalue weighted by atomic mass is 10.2. The number of benzene rings is 1. The van der Waals surface area contributed by atoms with Crippen LogP contribution in [-0.4, -0.2) is 4.98 Å². The molecule has 0 unspecified atom stereocenters. The summed E-state index contributed by atoms with van der Waals surface area (Å²) in [6.45, 7) is 0. The maximum absolute atomic E-state index is 6.07. The van der Waals surface area contributed by atoms with Crippen molar-refractivity contribution >= 4 is 77.6 Å². The zero-order chi connectivity index (χ0) is 11.2. The zero-order valence-electron chi connectivity index (χ0n) is 6.99. The number of hydrogen-bond acceptors (Lipinski definition) is 1. The first-order valence-electron chi connectivity index (χ1n) is 3.79. The monoisotopic (exact) mass is 387 g/mol. The smallest absolute Gasteiger partial charge is 0.0916 e. The Balaban J connectivity index is 2.98. The molecule has 0 bridgehead atoms. The van der Waals surface area contributed by atoms with Crippen LogP contribution in [0.25, 0.3) is 10.9 Å². The predicted octanol–water partition coefficient (Wildman–Crippen LogP) is 5.72. The molecule has 15 heavy (non-hydrogen) atoms. The molecular formula is C9H2Br2Cl3N. The molecule has 0 aliphatic carbocycles. The average Bonchev–Trinajstić information content (AvgIpc) is 2.21. The van der Waals surface area contributed by atoms with Crippen LogP contribution in [0.4, 0.5) is 0 Å². The number of halogens is 5. The van der Waals surface area contributed by atoms with Gasteiger partial charge in [0.25, 0.3) is 0 Å². The summed E-state index contributed by atoms with van der Waals surface area (Å²) < 4.78 is 1.47. The molecule has 0 aliphatic heterocycles. The topological polar surface area (TPSA) is 12.9 Å². The van der Waals surface area contributed by atoms with Crippen LogP contribution in [0.1, 0.15) is 0 Å². The van der Waals surface area contributed by atoms with Gasteiger partial charge in [-0.3, -0.25) is 4.98 Å². The molecule has 1 nitrogen and oxygen atoms in total. The van der Waals surface area contributed by atoms with E-state index in [2.05, 4.69) is 36.8 Å². The first kappa shape index (κ1) is 11.9. The molecule has 0 amide bonds. The Bertz CT molecular complexity index is 557. The van der Waals surface area contributed by atoms with Crippen LogP contribution in [0, 0.1) is 0 Å². The molecule has 0 radical (unpaired) electrons. The van der Waals surface area contributed by atoms with Gasteiger partial charge >= 0.3 is 0 Å². The van der Waals surface area contributed by atoms with Crippen LogP contribution in [0.2, 0.25) is 15.1 Å². The molecule has 2 aromatic rings. The Labute approximate surface area is 118 Å². The van der Waals surface area contributed by atoms with Crippen molar-refractivity contribution in [3.05, 3.63) is 36.3 Å². The molecule has 0 saturated carbocycles. The van der Waals surface area contributed by atoms with Crippen LogP contribution in [0.5, 0.6) is 0 Å². The van der Waals surface area contributed by atoms with Crippen molar-refractivity contribution in [2.45, 2.75) is 0 Å². The average molecular weight is 390 g/mol. The Morgan fingerprint density at radius 2 is 1.73 bits per heavy atom. The van der Waals surface area contributed by atoms with Gasteiger partial charge < -0.3 is 0 Å². The van der Waals surface area contributed by atoms with Gasteiger partial charge in [-0.05, 0) is 37.9 Å². The quantitative estimate of drug-likeness (QED) is 0.525. The molecule has 0 aliphatic rings. The fourth-order valence-electron chi connectivity index (χ4n) is 1.19. The van der Waals surface area contributed by atoms with E-state index in [9.17, 15) is 0 Å². The zero-order valence-corrected chi connectivity index (χ0v) is 12.4. The minimum absolute atomic E-state index is 0.415. The lowest BCUT2D eigenvalue weighted by Crippen LogP contribution is -1.85. The van der Waals surface area contributed by atoms with Crippen LogP contribution < -0.4 is 0 Å². The lowest BCUT2D eigenvalue weighted by Gasteiger charge is -2.06. The minimum Gasteiger partial charge on any atom is -0.253 e. The van der Waals surface area contributed by atoms with E-state index in [1.165, 1.54) is 6.20 Å². The van der Waals surface area contributed by atoms with E-state index < -0.39 is 0 Å². The molecule has 0 spiro atoms. The highest BCUT2D eigenvalue weighted by molar-refractivity contribution is 9.11. The van der Waals surface area contributed by atoms with E-state index in [0.717, 1.165) is 9.86 Å². The van der Waals surface area contributed by atoms with Crippen molar-refractivity contribution in [1.29, 1.82) is 0 Å². The maximum Gasteiger partial charge on any atom is 0.0916 e. The molecule has 1 aromatic carbocycles. The van der Waals surface area contributed by atoms with Crippen molar-refractivity contribution in [2.24, 2.45) is 0 Å². The highest BCUT2D eigenvalue weighted by atomic mass is 79.9. The Morgan fingerprint density at radius 1 is 1.07 bits per heavy atom. The van der Waals surface area contributed by atoms with E-state index in [4.69, 9.17) is 34.8 Å². The third-order valence-electron chi connectivity index (χ3n) is 1.89. The normalized spacial score (nSPS) is 11.0. The third kappa shape index (κ3) is 2.01. The van der Waals surface area contributed by atoms with Gasteiger partial charge in [-0.2, -0.15) is 0 Å². The van der Waals surface area contributed by atoms with E-state index in [1.807, 2.05) is 6.07 Å². The second-order valence-electron chi connectivity index (χ2n) is 2.80. The van der Waals surface area contributed by atoms with Gasteiger partial charge in [0.1, 0.15) is 0 Å². The third-order valence-corrected chi connectivity index (χ3v) is 4.97. The highest BCUT2D eigenvalue weighted by Gasteiger charge is 2.13. The fourth-order valence-corrected chi connectivity index (χ4v) is 2.68. The molecule has 0 fully saturated rings. The van der Waals surface area contributed by atoms with E-state index >= 15 is 0 Å². The van der Waals surface area contributed by atoms with Crippen molar-refractivity contribution in [1.82, 2.24) is 4.98 Å². The van der Waals surface area contributed by atoms with Gasteiger partial charge in [0.2, 0.25) is 0 Å². The molecule has 6 heteroatoms.